The molecule has 0 bridgehead atoms. The first-order valence-corrected chi connectivity index (χ1v) is 11.8. The highest BCUT2D eigenvalue weighted by molar-refractivity contribution is 9.10. The van der Waals surface area contributed by atoms with Gasteiger partial charge in [0, 0.05) is 15.6 Å². The molecule has 2 saturated heterocycles. The molecule has 1 aromatic rings. The van der Waals surface area contributed by atoms with E-state index in [4.69, 9.17) is 11.6 Å². The van der Waals surface area contributed by atoms with E-state index in [0.29, 0.717) is 22.3 Å². The summed E-state index contributed by atoms with van der Waals surface area (Å²) < 4.78 is 24.9. The van der Waals surface area contributed by atoms with Gasteiger partial charge >= 0.3 is 0 Å². The van der Waals surface area contributed by atoms with E-state index >= 15 is 0 Å². The SMILES string of the molecule is CC[C@@H](C)C(=O)N=C1S[C@H]2CS(=O)(=O)C[C@H]2N1c1ccc(Br)cc1Cl. The monoisotopic (exact) mass is 464 g/mol. The fourth-order valence-corrected chi connectivity index (χ4v) is 7.58. The highest BCUT2D eigenvalue weighted by atomic mass is 79.9. The second kappa shape index (κ2) is 7.21. The number of fused-ring (bicyclic) bond motifs is 1. The summed E-state index contributed by atoms with van der Waals surface area (Å²) in [4.78, 5) is 18.4. The Hall–Kier alpha value is -0.570. The van der Waals surface area contributed by atoms with Crippen LogP contribution in [0.1, 0.15) is 20.3 Å². The molecule has 0 aliphatic carbocycles. The van der Waals surface area contributed by atoms with Gasteiger partial charge in [0.1, 0.15) is 0 Å². The van der Waals surface area contributed by atoms with E-state index in [-0.39, 0.29) is 34.6 Å². The molecule has 3 rings (SSSR count). The van der Waals surface area contributed by atoms with Crippen LogP contribution in [0, 0.1) is 5.92 Å². The first-order chi connectivity index (χ1) is 11.7. The number of amides is 1. The predicted molar refractivity (Wildman–Crippen MR) is 107 cm³/mol. The van der Waals surface area contributed by atoms with Crippen LogP contribution >= 0.6 is 39.3 Å². The van der Waals surface area contributed by atoms with Crippen LogP contribution in [0.2, 0.25) is 5.02 Å². The van der Waals surface area contributed by atoms with Crippen molar-refractivity contribution >= 4 is 65.9 Å². The van der Waals surface area contributed by atoms with Crippen LogP contribution < -0.4 is 4.90 Å². The standard InChI is InChI=1S/C16H18BrClN2O3S2/c1-3-9(2)15(21)19-16-20(12-5-4-10(17)6-11(12)18)13-7-25(22,23)8-14(13)24-16/h4-6,9,13-14H,3,7-8H2,1-2H3/t9-,13-,14+/m1/s1. The second-order valence-electron chi connectivity index (χ2n) is 6.31. The molecule has 5 nitrogen and oxygen atoms in total. The Morgan fingerprint density at radius 2 is 2.20 bits per heavy atom. The van der Waals surface area contributed by atoms with E-state index < -0.39 is 9.84 Å². The van der Waals surface area contributed by atoms with Gasteiger partial charge in [-0.15, -0.1) is 0 Å². The number of carbonyl (C=O) groups excluding carboxylic acids is 1. The lowest BCUT2D eigenvalue weighted by molar-refractivity contribution is -0.121. The van der Waals surface area contributed by atoms with Crippen molar-refractivity contribution < 1.29 is 13.2 Å². The molecule has 2 aliphatic heterocycles. The topological polar surface area (TPSA) is 66.8 Å². The predicted octanol–water partition coefficient (Wildman–Crippen LogP) is 3.75. The minimum Gasteiger partial charge on any atom is -0.314 e. The number of rotatable bonds is 3. The lowest BCUT2D eigenvalue weighted by atomic mass is 10.1. The summed E-state index contributed by atoms with van der Waals surface area (Å²) in [6.45, 7) is 3.78. The number of aliphatic imine (C=N–C) groups is 1. The van der Waals surface area contributed by atoms with Crippen LogP contribution in [0.15, 0.2) is 27.7 Å². The molecular weight excluding hydrogens is 448 g/mol. The normalized spacial score (nSPS) is 27.5. The quantitative estimate of drug-likeness (QED) is 0.680. The summed E-state index contributed by atoms with van der Waals surface area (Å²) in [5.41, 5.74) is 0.678. The van der Waals surface area contributed by atoms with Crippen molar-refractivity contribution in [1.29, 1.82) is 0 Å². The Labute approximate surface area is 165 Å². The number of hydrogen-bond acceptors (Lipinski definition) is 4. The Kier molecular flexibility index (Phi) is 5.54. The molecule has 9 heteroatoms. The molecule has 2 fully saturated rings. The zero-order valence-electron chi connectivity index (χ0n) is 13.8. The van der Waals surface area contributed by atoms with Crippen LogP contribution in [0.3, 0.4) is 0 Å². The molecule has 0 N–H and O–H groups in total. The van der Waals surface area contributed by atoms with E-state index in [9.17, 15) is 13.2 Å². The van der Waals surface area contributed by atoms with Gasteiger partial charge in [0.25, 0.3) is 5.91 Å². The summed E-state index contributed by atoms with van der Waals surface area (Å²) in [6, 6.07) is 5.17. The van der Waals surface area contributed by atoms with E-state index in [1.54, 1.807) is 6.07 Å². The lowest BCUT2D eigenvalue weighted by Crippen LogP contribution is -2.38. The van der Waals surface area contributed by atoms with Crippen molar-refractivity contribution in [2.24, 2.45) is 10.9 Å². The van der Waals surface area contributed by atoms with Gasteiger partial charge in [-0.3, -0.25) is 4.79 Å². The van der Waals surface area contributed by atoms with Crippen molar-refractivity contribution in [3.8, 4) is 0 Å². The molecule has 0 saturated carbocycles. The molecule has 0 unspecified atom stereocenters. The maximum atomic E-state index is 12.3. The van der Waals surface area contributed by atoms with E-state index in [0.717, 1.165) is 4.47 Å². The molecule has 2 aliphatic rings. The van der Waals surface area contributed by atoms with Crippen molar-refractivity contribution in [1.82, 2.24) is 0 Å². The average molecular weight is 466 g/mol. The summed E-state index contributed by atoms with van der Waals surface area (Å²) in [5.74, 6) is -0.206. The molecule has 0 aromatic heterocycles. The van der Waals surface area contributed by atoms with E-state index in [1.807, 2.05) is 30.9 Å². The third kappa shape index (κ3) is 3.91. The number of amidine groups is 1. The molecular formula is C16H18BrClN2O3S2. The van der Waals surface area contributed by atoms with Crippen LogP contribution in [0.5, 0.6) is 0 Å². The van der Waals surface area contributed by atoms with Crippen LogP contribution in [0.25, 0.3) is 0 Å². The highest BCUT2D eigenvalue weighted by Gasteiger charge is 2.49. The molecule has 136 valence electrons. The minimum atomic E-state index is -3.10. The van der Waals surface area contributed by atoms with Crippen molar-refractivity contribution in [3.63, 3.8) is 0 Å². The molecule has 25 heavy (non-hydrogen) atoms. The summed E-state index contributed by atoms with van der Waals surface area (Å²) in [7, 11) is -3.10. The molecule has 1 aromatic carbocycles. The second-order valence-corrected chi connectivity index (χ2v) is 11.0. The number of anilines is 1. The van der Waals surface area contributed by atoms with Crippen molar-refractivity contribution in [3.05, 3.63) is 27.7 Å². The number of halogens is 2. The van der Waals surface area contributed by atoms with Gasteiger partial charge in [0.05, 0.1) is 28.3 Å². The van der Waals surface area contributed by atoms with Crippen LogP contribution in [-0.2, 0) is 14.6 Å². The van der Waals surface area contributed by atoms with Gasteiger partial charge in [-0.05, 0) is 24.6 Å². The number of sulfone groups is 1. The van der Waals surface area contributed by atoms with Gasteiger partial charge in [0.2, 0.25) is 0 Å². The zero-order chi connectivity index (χ0) is 18.4. The van der Waals surface area contributed by atoms with Crippen molar-refractivity contribution in [2.45, 2.75) is 31.6 Å². The average Bonchev–Trinajstić information content (AvgIpc) is 2.98. The Morgan fingerprint density at radius 1 is 1.48 bits per heavy atom. The maximum absolute atomic E-state index is 12.3. The first-order valence-electron chi connectivity index (χ1n) is 7.95. The summed E-state index contributed by atoms with van der Waals surface area (Å²) in [5, 5.41) is 0.899. The molecule has 0 spiro atoms. The number of carbonyl (C=O) groups is 1. The molecule has 3 atom stereocenters. The van der Waals surface area contributed by atoms with Crippen LogP contribution in [0.4, 0.5) is 5.69 Å². The molecule has 1 amide bonds. The van der Waals surface area contributed by atoms with Gasteiger partial charge in [0.15, 0.2) is 15.0 Å². The van der Waals surface area contributed by atoms with Gasteiger partial charge < -0.3 is 4.90 Å². The maximum Gasteiger partial charge on any atom is 0.250 e. The summed E-state index contributed by atoms with van der Waals surface area (Å²) >= 11 is 11.1. The fraction of sp³-hybridized carbons (Fsp3) is 0.500. The number of thioether (sulfide) groups is 1. The third-order valence-electron chi connectivity index (χ3n) is 4.48. The zero-order valence-corrected chi connectivity index (χ0v) is 17.8. The Morgan fingerprint density at radius 3 is 2.84 bits per heavy atom. The number of benzene rings is 1. The fourth-order valence-electron chi connectivity index (χ4n) is 2.90. The minimum absolute atomic E-state index is 0.0492. The van der Waals surface area contributed by atoms with Gasteiger partial charge in [-0.25, -0.2) is 8.42 Å². The van der Waals surface area contributed by atoms with E-state index in [1.165, 1.54) is 11.8 Å². The Bertz CT molecular complexity index is 844. The largest absolute Gasteiger partial charge is 0.314 e. The molecule has 0 radical (unpaired) electrons. The highest BCUT2D eigenvalue weighted by Crippen LogP contribution is 2.43. The van der Waals surface area contributed by atoms with Gasteiger partial charge in [-0.2, -0.15) is 4.99 Å². The number of hydrogen-bond donors (Lipinski definition) is 0. The summed E-state index contributed by atoms with van der Waals surface area (Å²) in [6.07, 6.45) is 0.709. The van der Waals surface area contributed by atoms with Crippen molar-refractivity contribution in [2.75, 3.05) is 16.4 Å². The van der Waals surface area contributed by atoms with Gasteiger partial charge in [-0.1, -0.05) is 53.1 Å². The Balaban J connectivity index is 2.04. The smallest absolute Gasteiger partial charge is 0.250 e. The van der Waals surface area contributed by atoms with E-state index in [2.05, 4.69) is 20.9 Å². The lowest BCUT2D eigenvalue weighted by Gasteiger charge is -2.25. The molecule has 2 heterocycles. The third-order valence-corrected chi connectivity index (χ3v) is 8.48. The number of nitrogens with zero attached hydrogens (tertiary/aromatic N) is 2. The van der Waals surface area contributed by atoms with Crippen LogP contribution in [-0.4, -0.2) is 42.3 Å². The first kappa shape index (κ1) is 19.2.